The van der Waals surface area contributed by atoms with Gasteiger partial charge in [0.1, 0.15) is 0 Å². The summed E-state index contributed by atoms with van der Waals surface area (Å²) in [6.45, 7) is 3.38. The molecule has 0 atom stereocenters. The topological polar surface area (TPSA) is 42.3 Å². The Hall–Kier alpha value is -2.88. The maximum Gasteiger partial charge on any atom is 0.261 e. The number of imide groups is 1. The van der Waals surface area contributed by atoms with E-state index in [9.17, 15) is 9.59 Å². The smallest absolute Gasteiger partial charge is 0.261 e. The fourth-order valence-corrected chi connectivity index (χ4v) is 3.51. The second-order valence-electron chi connectivity index (χ2n) is 6.42. The van der Waals surface area contributed by atoms with Crippen molar-refractivity contribution in [2.24, 2.45) is 0 Å². The molecule has 0 saturated carbocycles. The zero-order chi connectivity index (χ0) is 17.4. The minimum absolute atomic E-state index is 0.175. The molecule has 0 bridgehead atoms. The number of aromatic nitrogens is 1. The van der Waals surface area contributed by atoms with Gasteiger partial charge in [0.15, 0.2) is 0 Å². The van der Waals surface area contributed by atoms with Crippen molar-refractivity contribution < 1.29 is 9.59 Å². The molecule has 126 valence electrons. The molecule has 1 aromatic heterocycles. The van der Waals surface area contributed by atoms with Gasteiger partial charge in [-0.1, -0.05) is 25.1 Å². The number of nitrogens with zero attached hydrogens (tertiary/aromatic N) is 2. The zero-order valence-corrected chi connectivity index (χ0v) is 14.2. The van der Waals surface area contributed by atoms with Gasteiger partial charge in [0.2, 0.25) is 0 Å². The number of amides is 2. The van der Waals surface area contributed by atoms with Crippen molar-refractivity contribution in [2.45, 2.75) is 26.3 Å². The number of carbonyl (C=O) groups is 2. The van der Waals surface area contributed by atoms with Crippen LogP contribution in [0.1, 0.15) is 39.6 Å². The molecule has 2 amide bonds. The van der Waals surface area contributed by atoms with Crippen molar-refractivity contribution in [3.63, 3.8) is 0 Å². The molecule has 3 aromatic rings. The van der Waals surface area contributed by atoms with E-state index in [-0.39, 0.29) is 11.8 Å². The number of hydrogen-bond acceptors (Lipinski definition) is 2. The molecule has 1 aliphatic rings. The quantitative estimate of drug-likeness (QED) is 0.665. The fraction of sp³-hybridized carbons (Fsp3) is 0.238. The Morgan fingerprint density at radius 3 is 2.28 bits per heavy atom. The van der Waals surface area contributed by atoms with Gasteiger partial charge in [-0.15, -0.1) is 0 Å². The highest BCUT2D eigenvalue weighted by atomic mass is 16.2. The van der Waals surface area contributed by atoms with Crippen LogP contribution in [0, 0.1) is 0 Å². The van der Waals surface area contributed by atoms with Crippen molar-refractivity contribution in [1.29, 1.82) is 0 Å². The Morgan fingerprint density at radius 2 is 1.60 bits per heavy atom. The first-order valence-electron chi connectivity index (χ1n) is 8.72. The number of hydrogen-bond donors (Lipinski definition) is 0. The Kier molecular flexibility index (Phi) is 3.88. The molecule has 0 radical (unpaired) electrons. The van der Waals surface area contributed by atoms with Crippen molar-refractivity contribution in [2.75, 3.05) is 6.54 Å². The number of aryl methyl sites for hydroxylation is 2. The lowest BCUT2D eigenvalue weighted by Crippen LogP contribution is -2.31. The number of carbonyl (C=O) groups excluding carboxylic acids is 2. The predicted octanol–water partition coefficient (Wildman–Crippen LogP) is 3.89. The predicted molar refractivity (Wildman–Crippen MR) is 97.7 cm³/mol. The van der Waals surface area contributed by atoms with E-state index in [0.29, 0.717) is 17.7 Å². The van der Waals surface area contributed by atoms with Crippen LogP contribution in [0.5, 0.6) is 0 Å². The van der Waals surface area contributed by atoms with Crippen LogP contribution in [0.15, 0.2) is 54.7 Å². The van der Waals surface area contributed by atoms with Crippen LogP contribution in [0.3, 0.4) is 0 Å². The molecule has 0 N–H and O–H groups in total. The van der Waals surface area contributed by atoms with Crippen molar-refractivity contribution >= 4 is 22.7 Å². The SMILES string of the molecule is CCc1ccc2c(ccn2CCCN2C(=O)c3ccccc3C2=O)c1. The van der Waals surface area contributed by atoms with Gasteiger partial charge in [0.05, 0.1) is 11.1 Å². The van der Waals surface area contributed by atoms with E-state index in [1.807, 2.05) is 0 Å². The summed E-state index contributed by atoms with van der Waals surface area (Å²) >= 11 is 0. The molecular formula is C21H20N2O2. The summed E-state index contributed by atoms with van der Waals surface area (Å²) in [4.78, 5) is 26.1. The van der Waals surface area contributed by atoms with Gasteiger partial charge in [-0.05, 0) is 54.1 Å². The zero-order valence-electron chi connectivity index (χ0n) is 14.2. The summed E-state index contributed by atoms with van der Waals surface area (Å²) in [5.74, 6) is -0.351. The highest BCUT2D eigenvalue weighted by Crippen LogP contribution is 2.23. The van der Waals surface area contributed by atoms with Gasteiger partial charge in [0.25, 0.3) is 11.8 Å². The Morgan fingerprint density at radius 1 is 0.880 bits per heavy atom. The maximum atomic E-state index is 12.4. The van der Waals surface area contributed by atoms with Crippen LogP contribution in [0.4, 0.5) is 0 Å². The number of fused-ring (bicyclic) bond motifs is 2. The fourth-order valence-electron chi connectivity index (χ4n) is 3.51. The van der Waals surface area contributed by atoms with Gasteiger partial charge in [0, 0.05) is 24.8 Å². The summed E-state index contributed by atoms with van der Waals surface area (Å²) in [7, 11) is 0. The van der Waals surface area contributed by atoms with E-state index in [1.54, 1.807) is 24.3 Å². The monoisotopic (exact) mass is 332 g/mol. The lowest BCUT2D eigenvalue weighted by molar-refractivity contribution is 0.0651. The molecule has 4 nitrogen and oxygen atoms in total. The molecule has 0 fully saturated rings. The molecule has 1 aliphatic heterocycles. The maximum absolute atomic E-state index is 12.4. The number of benzene rings is 2. The molecule has 4 rings (SSSR count). The summed E-state index contributed by atoms with van der Waals surface area (Å²) in [6, 6.07) is 15.7. The number of rotatable bonds is 5. The van der Waals surface area contributed by atoms with Crippen LogP contribution >= 0.6 is 0 Å². The van der Waals surface area contributed by atoms with Gasteiger partial charge in [-0.2, -0.15) is 0 Å². The molecule has 2 aromatic carbocycles. The lowest BCUT2D eigenvalue weighted by Gasteiger charge is -2.14. The van der Waals surface area contributed by atoms with Gasteiger partial charge < -0.3 is 4.57 Å². The van der Waals surface area contributed by atoms with Gasteiger partial charge in [-0.25, -0.2) is 0 Å². The van der Waals surface area contributed by atoms with Crippen molar-refractivity contribution in [3.05, 3.63) is 71.4 Å². The van der Waals surface area contributed by atoms with E-state index in [4.69, 9.17) is 0 Å². The molecule has 0 unspecified atom stereocenters. The first-order chi connectivity index (χ1) is 12.2. The van der Waals surface area contributed by atoms with Crippen LogP contribution in [0.2, 0.25) is 0 Å². The van der Waals surface area contributed by atoms with E-state index in [0.717, 1.165) is 19.4 Å². The molecule has 0 saturated heterocycles. The standard InChI is InChI=1S/C21H20N2O2/c1-2-15-8-9-19-16(14-15)10-13-22(19)11-5-12-23-20(24)17-6-3-4-7-18(17)21(23)25/h3-4,6-10,13-14H,2,5,11-12H2,1H3. The van der Waals surface area contributed by atoms with Crippen LogP contribution < -0.4 is 0 Å². The first kappa shape index (κ1) is 15.6. The van der Waals surface area contributed by atoms with Crippen LogP contribution in [-0.4, -0.2) is 27.8 Å². The summed E-state index contributed by atoms with van der Waals surface area (Å²) < 4.78 is 2.19. The summed E-state index contributed by atoms with van der Waals surface area (Å²) in [6.07, 6.45) is 3.85. The van der Waals surface area contributed by atoms with E-state index < -0.39 is 0 Å². The highest BCUT2D eigenvalue weighted by molar-refractivity contribution is 6.21. The highest BCUT2D eigenvalue weighted by Gasteiger charge is 2.34. The second-order valence-corrected chi connectivity index (χ2v) is 6.42. The molecule has 4 heteroatoms. The second kappa shape index (κ2) is 6.20. The third kappa shape index (κ3) is 2.64. The Labute approximate surface area is 146 Å². The normalized spacial score (nSPS) is 13.7. The summed E-state index contributed by atoms with van der Waals surface area (Å²) in [5.41, 5.74) is 3.56. The lowest BCUT2D eigenvalue weighted by atomic mass is 10.1. The molecule has 2 heterocycles. The Bertz CT molecular complexity index is 936. The molecular weight excluding hydrogens is 312 g/mol. The third-order valence-electron chi connectivity index (χ3n) is 4.90. The van der Waals surface area contributed by atoms with Crippen molar-refractivity contribution in [1.82, 2.24) is 9.47 Å². The molecule has 25 heavy (non-hydrogen) atoms. The van der Waals surface area contributed by atoms with Gasteiger partial charge >= 0.3 is 0 Å². The minimum Gasteiger partial charge on any atom is -0.347 e. The first-order valence-corrected chi connectivity index (χ1v) is 8.72. The van der Waals surface area contributed by atoms with Gasteiger partial charge in [-0.3, -0.25) is 14.5 Å². The van der Waals surface area contributed by atoms with E-state index in [2.05, 4.69) is 42.0 Å². The van der Waals surface area contributed by atoms with Crippen molar-refractivity contribution in [3.8, 4) is 0 Å². The molecule has 0 aliphatic carbocycles. The average Bonchev–Trinajstić information content (AvgIpc) is 3.16. The third-order valence-corrected chi connectivity index (χ3v) is 4.90. The van der Waals surface area contributed by atoms with E-state index in [1.165, 1.54) is 21.4 Å². The summed E-state index contributed by atoms with van der Waals surface area (Å²) in [5, 5.41) is 1.24. The van der Waals surface area contributed by atoms with E-state index >= 15 is 0 Å². The Balaban J connectivity index is 1.45. The molecule has 0 spiro atoms. The van der Waals surface area contributed by atoms with Crippen LogP contribution in [-0.2, 0) is 13.0 Å². The average molecular weight is 332 g/mol. The minimum atomic E-state index is -0.175. The van der Waals surface area contributed by atoms with Crippen LogP contribution in [0.25, 0.3) is 10.9 Å². The largest absolute Gasteiger partial charge is 0.347 e.